The molecule has 1 aliphatic heterocycles. The van der Waals surface area contributed by atoms with Crippen LogP contribution in [0.2, 0.25) is 0 Å². The molecule has 6 heteroatoms. The number of thioether (sulfide) groups is 1. The quantitative estimate of drug-likeness (QED) is 0.595. The highest BCUT2D eigenvalue weighted by atomic mass is 32.2. The zero-order valence-electron chi connectivity index (χ0n) is 17.3. The fraction of sp³-hybridized carbons (Fsp3) is 0.120. The molecule has 3 aromatic carbocycles. The van der Waals surface area contributed by atoms with E-state index in [0.29, 0.717) is 17.0 Å². The molecule has 0 aliphatic carbocycles. The number of fused-ring (bicyclic) bond motifs is 1. The van der Waals surface area contributed by atoms with Gasteiger partial charge in [0.1, 0.15) is 5.75 Å². The van der Waals surface area contributed by atoms with Gasteiger partial charge >= 0.3 is 0 Å². The lowest BCUT2D eigenvalue weighted by Crippen LogP contribution is -2.31. The molecule has 0 aromatic heterocycles. The largest absolute Gasteiger partial charge is 0.497 e. The van der Waals surface area contributed by atoms with Crippen LogP contribution in [-0.2, 0) is 11.3 Å². The van der Waals surface area contributed by atoms with Gasteiger partial charge < -0.3 is 15.0 Å². The molecule has 4 rings (SSSR count). The molecule has 0 saturated carbocycles. The molecule has 5 nitrogen and oxygen atoms in total. The van der Waals surface area contributed by atoms with E-state index in [9.17, 15) is 9.59 Å². The Balaban J connectivity index is 1.50. The molecule has 0 atom stereocenters. The molecule has 0 spiro atoms. The first-order valence-corrected chi connectivity index (χ1v) is 10.6. The monoisotopic (exact) mass is 430 g/mol. The molecule has 0 saturated heterocycles. The number of ether oxygens (including phenoxy) is 1. The maximum absolute atomic E-state index is 12.9. The van der Waals surface area contributed by atoms with E-state index in [0.717, 1.165) is 27.5 Å². The van der Waals surface area contributed by atoms with E-state index < -0.39 is 0 Å². The normalized spacial score (nSPS) is 14.3. The van der Waals surface area contributed by atoms with Gasteiger partial charge in [0.15, 0.2) is 0 Å². The van der Waals surface area contributed by atoms with Crippen molar-refractivity contribution in [1.82, 2.24) is 5.32 Å². The third-order valence-corrected chi connectivity index (χ3v) is 6.10. The third kappa shape index (κ3) is 4.64. The van der Waals surface area contributed by atoms with Gasteiger partial charge in [-0.15, -0.1) is 0 Å². The first kappa shape index (κ1) is 20.8. The molecule has 1 N–H and O–H groups in total. The average Bonchev–Trinajstić information content (AvgIpc) is 2.81. The zero-order valence-corrected chi connectivity index (χ0v) is 18.1. The van der Waals surface area contributed by atoms with Crippen LogP contribution in [0.3, 0.4) is 0 Å². The van der Waals surface area contributed by atoms with Crippen molar-refractivity contribution in [3.05, 3.63) is 94.4 Å². The third-order valence-electron chi connectivity index (χ3n) is 5.03. The van der Waals surface area contributed by atoms with Crippen molar-refractivity contribution in [3.8, 4) is 5.75 Å². The Morgan fingerprint density at radius 1 is 1.06 bits per heavy atom. The fourth-order valence-electron chi connectivity index (χ4n) is 3.26. The highest BCUT2D eigenvalue weighted by molar-refractivity contribution is 8.04. The minimum Gasteiger partial charge on any atom is -0.497 e. The highest BCUT2D eigenvalue weighted by Gasteiger charge is 2.27. The van der Waals surface area contributed by atoms with E-state index >= 15 is 0 Å². The van der Waals surface area contributed by atoms with Gasteiger partial charge in [-0.1, -0.05) is 54.2 Å². The van der Waals surface area contributed by atoms with Crippen molar-refractivity contribution < 1.29 is 14.3 Å². The van der Waals surface area contributed by atoms with Crippen molar-refractivity contribution in [2.75, 3.05) is 19.1 Å². The van der Waals surface area contributed by atoms with E-state index in [1.165, 1.54) is 11.8 Å². The lowest BCUT2D eigenvalue weighted by molar-refractivity contribution is -0.114. The molecule has 0 fully saturated rings. The van der Waals surface area contributed by atoms with Crippen molar-refractivity contribution in [3.63, 3.8) is 0 Å². The topological polar surface area (TPSA) is 58.6 Å². The number of anilines is 1. The lowest BCUT2D eigenvalue weighted by atomic mass is 10.1. The molecule has 31 heavy (non-hydrogen) atoms. The van der Waals surface area contributed by atoms with Gasteiger partial charge in [-0.05, 0) is 47.5 Å². The summed E-state index contributed by atoms with van der Waals surface area (Å²) in [5.41, 5.74) is 3.20. The van der Waals surface area contributed by atoms with Crippen LogP contribution in [-0.4, -0.2) is 26.0 Å². The Bertz CT molecular complexity index is 1140. The van der Waals surface area contributed by atoms with Crippen LogP contribution >= 0.6 is 11.8 Å². The van der Waals surface area contributed by atoms with Crippen LogP contribution in [0, 0.1) is 0 Å². The number of benzene rings is 3. The number of carbonyl (C=O) groups excluding carboxylic acids is 2. The molecular weight excluding hydrogens is 408 g/mol. The van der Waals surface area contributed by atoms with Crippen molar-refractivity contribution in [2.45, 2.75) is 11.4 Å². The molecule has 3 aromatic rings. The molecule has 1 aliphatic rings. The van der Waals surface area contributed by atoms with Gasteiger partial charge in [-0.3, -0.25) is 9.59 Å². The van der Waals surface area contributed by atoms with Gasteiger partial charge in [0.05, 0.1) is 17.7 Å². The Morgan fingerprint density at radius 2 is 1.81 bits per heavy atom. The van der Waals surface area contributed by atoms with Crippen LogP contribution < -0.4 is 15.0 Å². The smallest absolute Gasteiger partial charge is 0.264 e. The first-order valence-electron chi connectivity index (χ1n) is 9.83. The minimum absolute atomic E-state index is 0.0860. The van der Waals surface area contributed by atoms with Gasteiger partial charge in [0, 0.05) is 24.1 Å². The number of nitrogens with one attached hydrogen (secondary N) is 1. The molecule has 0 radical (unpaired) electrons. The van der Waals surface area contributed by atoms with Gasteiger partial charge in [-0.2, -0.15) is 0 Å². The predicted octanol–water partition coefficient (Wildman–Crippen LogP) is 4.73. The summed E-state index contributed by atoms with van der Waals surface area (Å²) in [6.45, 7) is 0.410. The number of methoxy groups -OCH3 is 1. The summed E-state index contributed by atoms with van der Waals surface area (Å²) in [5, 5.41) is 2.93. The van der Waals surface area contributed by atoms with Gasteiger partial charge in [0.25, 0.3) is 11.8 Å². The lowest BCUT2D eigenvalue weighted by Gasteiger charge is -2.27. The number of likely N-dealkylation sites (N-methyl/N-ethyl adjacent to an activating group) is 1. The van der Waals surface area contributed by atoms with Crippen molar-refractivity contribution in [2.24, 2.45) is 0 Å². The summed E-state index contributed by atoms with van der Waals surface area (Å²) >= 11 is 1.42. The summed E-state index contributed by atoms with van der Waals surface area (Å²) in [6, 6.07) is 22.8. The molecule has 0 bridgehead atoms. The van der Waals surface area contributed by atoms with E-state index in [4.69, 9.17) is 4.74 Å². The Labute approximate surface area is 185 Å². The SMILES string of the molecule is COc1ccc(CNC(=O)c2ccc3c(c2)N(C)C(=O)/C(=C\c2ccccc2)S3)cc1. The fourth-order valence-corrected chi connectivity index (χ4v) is 4.36. The second kappa shape index (κ2) is 9.10. The summed E-state index contributed by atoms with van der Waals surface area (Å²) in [5.74, 6) is 0.503. The predicted molar refractivity (Wildman–Crippen MR) is 124 cm³/mol. The van der Waals surface area contributed by atoms with Crippen LogP contribution in [0.25, 0.3) is 6.08 Å². The maximum Gasteiger partial charge on any atom is 0.264 e. The summed E-state index contributed by atoms with van der Waals surface area (Å²) in [6.07, 6.45) is 1.89. The number of hydrogen-bond donors (Lipinski definition) is 1. The second-order valence-electron chi connectivity index (χ2n) is 7.10. The Hall–Kier alpha value is -3.51. The van der Waals surface area contributed by atoms with Crippen LogP contribution in [0.4, 0.5) is 5.69 Å². The average molecular weight is 431 g/mol. The second-order valence-corrected chi connectivity index (χ2v) is 8.18. The van der Waals surface area contributed by atoms with Crippen molar-refractivity contribution >= 4 is 35.3 Å². The number of rotatable bonds is 5. The van der Waals surface area contributed by atoms with Crippen LogP contribution in [0.15, 0.2) is 82.6 Å². The van der Waals surface area contributed by atoms with Gasteiger partial charge in [-0.25, -0.2) is 0 Å². The van der Waals surface area contributed by atoms with Gasteiger partial charge in [0.2, 0.25) is 0 Å². The summed E-state index contributed by atoms with van der Waals surface area (Å²) in [7, 11) is 3.35. The Morgan fingerprint density at radius 3 is 2.52 bits per heavy atom. The standard InChI is InChI=1S/C25H22N2O3S/c1-27-21-15-19(24(28)26-16-18-8-11-20(30-2)12-9-18)10-13-22(21)31-23(25(27)29)14-17-6-4-3-5-7-17/h3-15H,16H2,1-2H3,(H,26,28)/b23-14+. The summed E-state index contributed by atoms with van der Waals surface area (Å²) < 4.78 is 5.15. The summed E-state index contributed by atoms with van der Waals surface area (Å²) in [4.78, 5) is 28.7. The number of amides is 2. The zero-order chi connectivity index (χ0) is 21.8. The highest BCUT2D eigenvalue weighted by Crippen LogP contribution is 2.42. The van der Waals surface area contributed by atoms with E-state index in [-0.39, 0.29) is 11.8 Å². The number of hydrogen-bond acceptors (Lipinski definition) is 4. The molecule has 0 unspecified atom stereocenters. The molecular formula is C25H22N2O3S. The van der Waals surface area contributed by atoms with E-state index in [1.807, 2.05) is 66.7 Å². The van der Waals surface area contributed by atoms with E-state index in [2.05, 4.69) is 5.32 Å². The molecule has 2 amide bonds. The van der Waals surface area contributed by atoms with Crippen LogP contribution in [0.5, 0.6) is 5.75 Å². The van der Waals surface area contributed by atoms with Crippen LogP contribution in [0.1, 0.15) is 21.5 Å². The maximum atomic E-state index is 12.9. The van der Waals surface area contributed by atoms with E-state index in [1.54, 1.807) is 31.2 Å². The first-order chi connectivity index (χ1) is 15.0. The minimum atomic E-state index is -0.185. The molecule has 1 heterocycles. The van der Waals surface area contributed by atoms with Crippen molar-refractivity contribution in [1.29, 1.82) is 0 Å². The number of nitrogens with zero attached hydrogens (tertiary/aromatic N) is 1. The molecule has 156 valence electrons. The number of carbonyl (C=O) groups is 2. The Kier molecular flexibility index (Phi) is 6.09.